The number of carboxylic acids is 1. The number of nitrogens with zero attached hydrogens (tertiary/aromatic N) is 2. The Kier molecular flexibility index (Phi) is 3.51. The van der Waals surface area contributed by atoms with Gasteiger partial charge in [-0.2, -0.15) is 0 Å². The van der Waals surface area contributed by atoms with Crippen molar-refractivity contribution < 1.29 is 9.90 Å². The smallest absolute Gasteiger partial charge is 0.309 e. The zero-order valence-corrected chi connectivity index (χ0v) is 12.8. The van der Waals surface area contributed by atoms with Gasteiger partial charge < -0.3 is 5.11 Å². The van der Waals surface area contributed by atoms with Crippen molar-refractivity contribution in [3.8, 4) is 11.3 Å². The zero-order valence-electron chi connectivity index (χ0n) is 12.0. The average Bonchev–Trinajstić information content (AvgIpc) is 3.00. The molecule has 2 aromatic heterocycles. The fraction of sp³-hybridized carbons (Fsp3) is 0.250. The lowest BCUT2D eigenvalue weighted by molar-refractivity contribution is -0.136. The topological polar surface area (TPSA) is 54.6 Å². The van der Waals surface area contributed by atoms with Gasteiger partial charge in [0.2, 0.25) is 0 Å². The molecule has 21 heavy (non-hydrogen) atoms. The number of hydrogen-bond donors (Lipinski definition) is 1. The maximum atomic E-state index is 11.2. The lowest BCUT2D eigenvalue weighted by atomic mass is 10.1. The van der Waals surface area contributed by atoms with E-state index < -0.39 is 5.97 Å². The van der Waals surface area contributed by atoms with Crippen molar-refractivity contribution in [1.82, 2.24) is 9.38 Å². The highest BCUT2D eigenvalue weighted by molar-refractivity contribution is 7.15. The van der Waals surface area contributed by atoms with Gasteiger partial charge in [0, 0.05) is 16.6 Å². The molecule has 0 aliphatic heterocycles. The van der Waals surface area contributed by atoms with E-state index in [4.69, 9.17) is 0 Å². The highest BCUT2D eigenvalue weighted by Gasteiger charge is 2.18. The van der Waals surface area contributed by atoms with E-state index in [2.05, 4.69) is 24.0 Å². The second-order valence-corrected chi connectivity index (χ2v) is 5.86. The van der Waals surface area contributed by atoms with Crippen LogP contribution in [-0.4, -0.2) is 20.5 Å². The number of fused-ring (bicyclic) bond motifs is 1. The van der Waals surface area contributed by atoms with Crippen LogP contribution in [0.15, 0.2) is 29.6 Å². The lowest BCUT2D eigenvalue weighted by Crippen LogP contribution is -2.05. The molecule has 0 atom stereocenters. The summed E-state index contributed by atoms with van der Waals surface area (Å²) in [5.41, 5.74) is 4.78. The summed E-state index contributed by atoms with van der Waals surface area (Å²) < 4.78 is 1.95. The summed E-state index contributed by atoms with van der Waals surface area (Å²) in [6, 6.07) is 8.18. The predicted octanol–water partition coefficient (Wildman–Crippen LogP) is 3.56. The molecule has 3 rings (SSSR count). The predicted molar refractivity (Wildman–Crippen MR) is 84.0 cm³/mol. The molecule has 0 aliphatic rings. The molecular weight excluding hydrogens is 284 g/mol. The third kappa shape index (κ3) is 2.45. The van der Waals surface area contributed by atoms with Crippen molar-refractivity contribution >= 4 is 22.3 Å². The van der Waals surface area contributed by atoms with Crippen LogP contribution in [0.1, 0.15) is 23.9 Å². The highest BCUT2D eigenvalue weighted by Crippen LogP contribution is 2.29. The van der Waals surface area contributed by atoms with Crippen molar-refractivity contribution in [2.24, 2.45) is 0 Å². The maximum absolute atomic E-state index is 11.2. The molecule has 0 saturated carbocycles. The van der Waals surface area contributed by atoms with E-state index in [0.717, 1.165) is 34.0 Å². The normalized spacial score (nSPS) is 11.1. The lowest BCUT2D eigenvalue weighted by Gasteiger charge is -2.04. The molecule has 0 bridgehead atoms. The molecule has 0 radical (unpaired) electrons. The molecule has 0 saturated heterocycles. The summed E-state index contributed by atoms with van der Waals surface area (Å²) in [6.45, 7) is 4.08. The average molecular weight is 300 g/mol. The first kappa shape index (κ1) is 13.8. The molecule has 3 aromatic rings. The molecule has 0 spiro atoms. The zero-order chi connectivity index (χ0) is 15.0. The number of thiazole rings is 1. The fourth-order valence-electron chi connectivity index (χ4n) is 2.50. The van der Waals surface area contributed by atoms with Gasteiger partial charge in [-0.05, 0) is 18.9 Å². The van der Waals surface area contributed by atoms with Crippen LogP contribution in [0.4, 0.5) is 0 Å². The SMILES string of the molecule is CCc1ccc(-c2nc3scc(C)n3c2CC(=O)O)cc1. The Bertz CT molecular complexity index is 800. The molecule has 0 unspecified atom stereocenters. The first-order valence-corrected chi connectivity index (χ1v) is 7.74. The van der Waals surface area contributed by atoms with E-state index in [9.17, 15) is 9.90 Å². The Balaban J connectivity index is 2.17. The van der Waals surface area contributed by atoms with Crippen molar-refractivity contribution in [1.29, 1.82) is 0 Å². The van der Waals surface area contributed by atoms with Crippen LogP contribution in [0.3, 0.4) is 0 Å². The standard InChI is InChI=1S/C16H16N2O2S/c1-3-11-4-6-12(7-5-11)15-13(8-14(19)20)18-10(2)9-21-16(18)17-15/h4-7,9H,3,8H2,1-2H3,(H,19,20). The third-order valence-corrected chi connectivity index (χ3v) is 4.53. The fourth-order valence-corrected chi connectivity index (χ4v) is 3.39. The number of carbonyl (C=O) groups is 1. The van der Waals surface area contributed by atoms with E-state index in [1.807, 2.05) is 28.8 Å². The van der Waals surface area contributed by atoms with Gasteiger partial charge >= 0.3 is 5.97 Å². The molecule has 1 aromatic carbocycles. The summed E-state index contributed by atoms with van der Waals surface area (Å²) in [7, 11) is 0. The largest absolute Gasteiger partial charge is 0.481 e. The number of benzene rings is 1. The van der Waals surface area contributed by atoms with Gasteiger partial charge in [-0.15, -0.1) is 11.3 Å². The Morgan fingerprint density at radius 3 is 2.67 bits per heavy atom. The molecule has 1 N–H and O–H groups in total. The molecule has 0 fully saturated rings. The Hall–Kier alpha value is -2.14. The Morgan fingerprint density at radius 2 is 2.05 bits per heavy atom. The molecule has 2 heterocycles. The number of rotatable bonds is 4. The summed E-state index contributed by atoms with van der Waals surface area (Å²) >= 11 is 1.54. The van der Waals surface area contributed by atoms with Crippen LogP contribution < -0.4 is 0 Å². The van der Waals surface area contributed by atoms with Crippen LogP contribution >= 0.6 is 11.3 Å². The van der Waals surface area contributed by atoms with Crippen molar-refractivity contribution in [3.63, 3.8) is 0 Å². The van der Waals surface area contributed by atoms with Crippen molar-refractivity contribution in [2.75, 3.05) is 0 Å². The van der Waals surface area contributed by atoms with Gasteiger partial charge in [0.1, 0.15) is 0 Å². The molecule has 0 amide bonds. The van der Waals surface area contributed by atoms with Gasteiger partial charge in [0.15, 0.2) is 4.96 Å². The first-order chi connectivity index (χ1) is 10.1. The third-order valence-electron chi connectivity index (χ3n) is 3.58. The molecule has 108 valence electrons. The number of aliphatic carboxylic acids is 1. The van der Waals surface area contributed by atoms with Crippen molar-refractivity contribution in [3.05, 3.63) is 46.6 Å². The second-order valence-electron chi connectivity index (χ2n) is 5.02. The minimum absolute atomic E-state index is 0.0242. The summed E-state index contributed by atoms with van der Waals surface area (Å²) in [4.78, 5) is 16.7. The monoisotopic (exact) mass is 300 g/mol. The highest BCUT2D eigenvalue weighted by atomic mass is 32.1. The number of aryl methyl sites for hydroxylation is 2. The van der Waals surface area contributed by atoms with Crippen LogP contribution in [0, 0.1) is 6.92 Å². The van der Waals surface area contributed by atoms with E-state index in [1.54, 1.807) is 0 Å². The second kappa shape index (κ2) is 5.33. The van der Waals surface area contributed by atoms with Gasteiger partial charge in [-0.1, -0.05) is 31.2 Å². The van der Waals surface area contributed by atoms with Crippen LogP contribution in [0.2, 0.25) is 0 Å². The Labute approximate surface area is 126 Å². The van der Waals surface area contributed by atoms with Gasteiger partial charge in [0.25, 0.3) is 0 Å². The summed E-state index contributed by atoms with van der Waals surface area (Å²) in [6.07, 6.45) is 0.962. The number of hydrogen-bond acceptors (Lipinski definition) is 3. The van der Waals surface area contributed by atoms with Crippen LogP contribution in [-0.2, 0) is 17.6 Å². The van der Waals surface area contributed by atoms with Crippen molar-refractivity contribution in [2.45, 2.75) is 26.7 Å². The maximum Gasteiger partial charge on any atom is 0.309 e. The Morgan fingerprint density at radius 1 is 1.33 bits per heavy atom. The van der Waals surface area contributed by atoms with Gasteiger partial charge in [-0.3, -0.25) is 9.20 Å². The van der Waals surface area contributed by atoms with E-state index in [0.29, 0.717) is 0 Å². The number of aromatic nitrogens is 2. The summed E-state index contributed by atoms with van der Waals surface area (Å²) in [5.74, 6) is -0.839. The van der Waals surface area contributed by atoms with Crippen LogP contribution in [0.5, 0.6) is 0 Å². The van der Waals surface area contributed by atoms with E-state index in [-0.39, 0.29) is 6.42 Å². The number of carboxylic acid groups (broad SMARTS) is 1. The quantitative estimate of drug-likeness (QED) is 0.801. The molecule has 4 nitrogen and oxygen atoms in total. The van der Waals surface area contributed by atoms with E-state index in [1.165, 1.54) is 16.9 Å². The minimum atomic E-state index is -0.839. The minimum Gasteiger partial charge on any atom is -0.481 e. The number of imidazole rings is 1. The molecule has 5 heteroatoms. The van der Waals surface area contributed by atoms with Gasteiger partial charge in [-0.25, -0.2) is 4.98 Å². The first-order valence-electron chi connectivity index (χ1n) is 6.86. The molecular formula is C16H16N2O2S. The summed E-state index contributed by atoms with van der Waals surface area (Å²) in [5, 5.41) is 11.2. The van der Waals surface area contributed by atoms with E-state index >= 15 is 0 Å². The molecule has 0 aliphatic carbocycles. The van der Waals surface area contributed by atoms with Gasteiger partial charge in [0.05, 0.1) is 17.8 Å². The van der Waals surface area contributed by atoms with Crippen LogP contribution in [0.25, 0.3) is 16.2 Å².